The van der Waals surface area contributed by atoms with Crippen molar-refractivity contribution in [1.29, 1.82) is 0 Å². The number of hydrogen-bond acceptors (Lipinski definition) is 4. The first kappa shape index (κ1) is 20.4. The number of para-hydroxylation sites is 2. The molecule has 5 nitrogen and oxygen atoms in total. The second-order valence-corrected chi connectivity index (χ2v) is 7.34. The first-order valence-electron chi connectivity index (χ1n) is 10.1. The Kier molecular flexibility index (Phi) is 5.85. The number of rotatable bonds is 7. The van der Waals surface area contributed by atoms with E-state index in [9.17, 15) is 9.59 Å². The highest BCUT2D eigenvalue weighted by Gasteiger charge is 2.25. The quantitative estimate of drug-likeness (QED) is 0.322. The Bertz CT molecular complexity index is 1230. The van der Waals surface area contributed by atoms with Crippen molar-refractivity contribution < 1.29 is 19.1 Å². The maximum absolute atomic E-state index is 13.1. The van der Waals surface area contributed by atoms with Crippen LogP contribution < -0.4 is 4.74 Å². The summed E-state index contributed by atoms with van der Waals surface area (Å²) in [6, 6.07) is 24.1. The fraction of sp³-hybridized carbons (Fsp3) is 0.154. The third-order valence-corrected chi connectivity index (χ3v) is 5.17. The van der Waals surface area contributed by atoms with E-state index < -0.39 is 12.1 Å². The van der Waals surface area contributed by atoms with Gasteiger partial charge in [-0.05, 0) is 38.1 Å². The Balaban J connectivity index is 1.50. The molecule has 0 fully saturated rings. The van der Waals surface area contributed by atoms with Crippen LogP contribution in [0.3, 0.4) is 0 Å². The molecule has 5 heteroatoms. The van der Waals surface area contributed by atoms with E-state index in [2.05, 4.69) is 4.98 Å². The number of benzene rings is 3. The molecule has 0 aliphatic rings. The fourth-order valence-electron chi connectivity index (χ4n) is 3.60. The predicted octanol–water partition coefficient (Wildman–Crippen LogP) is 5.48. The van der Waals surface area contributed by atoms with E-state index in [0.29, 0.717) is 22.4 Å². The average molecular weight is 413 g/mol. The van der Waals surface area contributed by atoms with E-state index in [0.717, 1.165) is 16.6 Å². The van der Waals surface area contributed by atoms with Crippen LogP contribution in [0.25, 0.3) is 10.9 Å². The Morgan fingerprint density at radius 3 is 2.39 bits per heavy atom. The molecule has 31 heavy (non-hydrogen) atoms. The van der Waals surface area contributed by atoms with Crippen molar-refractivity contribution in [3.8, 4) is 5.75 Å². The zero-order valence-corrected chi connectivity index (χ0v) is 17.4. The normalized spacial score (nSPS) is 11.8. The fourth-order valence-corrected chi connectivity index (χ4v) is 3.60. The Hall–Kier alpha value is -3.86. The molecule has 1 aromatic heterocycles. The lowest BCUT2D eigenvalue weighted by Crippen LogP contribution is -2.25. The van der Waals surface area contributed by atoms with Gasteiger partial charge in [-0.2, -0.15) is 0 Å². The summed E-state index contributed by atoms with van der Waals surface area (Å²) < 4.78 is 11.3. The van der Waals surface area contributed by atoms with Crippen molar-refractivity contribution in [2.45, 2.75) is 26.6 Å². The number of esters is 1. The average Bonchev–Trinajstić information content (AvgIpc) is 3.13. The maximum atomic E-state index is 13.1. The van der Waals surface area contributed by atoms with E-state index in [-0.39, 0.29) is 12.4 Å². The van der Waals surface area contributed by atoms with Gasteiger partial charge in [0.2, 0.25) is 5.78 Å². The van der Waals surface area contributed by atoms with Crippen LogP contribution in [-0.2, 0) is 11.3 Å². The van der Waals surface area contributed by atoms with Gasteiger partial charge in [0.25, 0.3) is 0 Å². The Morgan fingerprint density at radius 1 is 0.903 bits per heavy atom. The second kappa shape index (κ2) is 8.88. The van der Waals surface area contributed by atoms with Gasteiger partial charge in [0, 0.05) is 27.7 Å². The van der Waals surface area contributed by atoms with Crippen LogP contribution in [0.4, 0.5) is 0 Å². The molecule has 0 bridgehead atoms. The molecule has 156 valence electrons. The topological polar surface area (TPSA) is 68.4 Å². The van der Waals surface area contributed by atoms with Crippen LogP contribution >= 0.6 is 0 Å². The van der Waals surface area contributed by atoms with Gasteiger partial charge in [0.1, 0.15) is 12.4 Å². The highest BCUT2D eigenvalue weighted by Crippen LogP contribution is 2.24. The van der Waals surface area contributed by atoms with Crippen molar-refractivity contribution in [2.24, 2.45) is 0 Å². The Morgan fingerprint density at radius 2 is 1.58 bits per heavy atom. The van der Waals surface area contributed by atoms with Gasteiger partial charge in [-0.15, -0.1) is 0 Å². The van der Waals surface area contributed by atoms with Crippen LogP contribution in [0.1, 0.15) is 38.9 Å². The maximum Gasteiger partial charge on any atom is 0.339 e. The summed E-state index contributed by atoms with van der Waals surface area (Å²) in [6.45, 7) is 3.67. The minimum atomic E-state index is -0.923. The molecule has 4 aromatic rings. The molecule has 0 amide bonds. The number of aryl methyl sites for hydroxylation is 1. The minimum Gasteiger partial charge on any atom is -0.489 e. The predicted molar refractivity (Wildman–Crippen MR) is 119 cm³/mol. The summed E-state index contributed by atoms with van der Waals surface area (Å²) in [5.41, 5.74) is 3.26. The lowest BCUT2D eigenvalue weighted by atomic mass is 10.0. The summed E-state index contributed by atoms with van der Waals surface area (Å²) in [6.07, 6.45) is -0.923. The van der Waals surface area contributed by atoms with E-state index in [4.69, 9.17) is 9.47 Å². The van der Waals surface area contributed by atoms with E-state index in [1.807, 2.05) is 73.7 Å². The van der Waals surface area contributed by atoms with E-state index >= 15 is 0 Å². The van der Waals surface area contributed by atoms with Crippen molar-refractivity contribution in [3.05, 3.63) is 101 Å². The van der Waals surface area contributed by atoms with Crippen molar-refractivity contribution in [2.75, 3.05) is 0 Å². The first-order valence-corrected chi connectivity index (χ1v) is 10.1. The molecule has 3 aromatic carbocycles. The molecular formula is C26H23NO4. The monoisotopic (exact) mass is 413 g/mol. The molecule has 0 aliphatic heterocycles. The molecule has 0 radical (unpaired) electrons. The number of hydrogen-bond donors (Lipinski definition) is 1. The van der Waals surface area contributed by atoms with Crippen LogP contribution in [0.15, 0.2) is 78.9 Å². The first-order chi connectivity index (χ1) is 15.0. The SMILES string of the molecule is Cc1[nH]c2ccccc2c1C(=O)[C@H](C)OC(=O)c1ccccc1COc1ccccc1. The zero-order valence-electron chi connectivity index (χ0n) is 17.4. The van der Waals surface area contributed by atoms with E-state index in [1.165, 1.54) is 0 Å². The summed E-state index contributed by atoms with van der Waals surface area (Å²) in [5, 5.41) is 0.824. The number of Topliss-reactive ketones (excluding diaryl/α,β-unsaturated/α-hetero) is 1. The number of fused-ring (bicyclic) bond motifs is 1. The van der Waals surface area contributed by atoms with Crippen LogP contribution in [0.5, 0.6) is 5.75 Å². The van der Waals surface area contributed by atoms with Crippen molar-refractivity contribution in [3.63, 3.8) is 0 Å². The van der Waals surface area contributed by atoms with Gasteiger partial charge in [0.15, 0.2) is 6.10 Å². The number of ether oxygens (including phenoxy) is 2. The molecule has 0 aliphatic carbocycles. The smallest absolute Gasteiger partial charge is 0.339 e. The molecule has 0 saturated carbocycles. The van der Waals surface area contributed by atoms with Crippen molar-refractivity contribution >= 4 is 22.7 Å². The molecule has 4 rings (SSSR count). The third-order valence-electron chi connectivity index (χ3n) is 5.17. The van der Waals surface area contributed by atoms with Gasteiger partial charge in [-0.1, -0.05) is 54.6 Å². The van der Waals surface area contributed by atoms with Gasteiger partial charge < -0.3 is 14.5 Å². The molecule has 1 heterocycles. The molecule has 0 spiro atoms. The van der Waals surface area contributed by atoms with Crippen molar-refractivity contribution in [1.82, 2.24) is 4.98 Å². The number of carbonyl (C=O) groups excluding carboxylic acids is 2. The summed E-state index contributed by atoms with van der Waals surface area (Å²) in [7, 11) is 0. The van der Waals surface area contributed by atoms with Crippen LogP contribution in [0, 0.1) is 6.92 Å². The number of H-pyrrole nitrogens is 1. The number of aromatic amines is 1. The highest BCUT2D eigenvalue weighted by molar-refractivity contribution is 6.11. The standard InChI is InChI=1S/C26H23NO4/c1-17-24(22-14-8-9-15-23(22)27-17)25(28)18(2)31-26(29)21-13-7-6-10-19(21)16-30-20-11-4-3-5-12-20/h3-15,18,27H,16H2,1-2H3/t18-/m0/s1. The molecule has 1 atom stereocenters. The van der Waals surface area contributed by atoms with Crippen LogP contribution in [-0.4, -0.2) is 22.8 Å². The Labute approximate surface area is 180 Å². The number of carbonyl (C=O) groups is 2. The highest BCUT2D eigenvalue weighted by atomic mass is 16.5. The minimum absolute atomic E-state index is 0.221. The summed E-state index contributed by atoms with van der Waals surface area (Å²) in [5.74, 6) is -0.0732. The molecular weight excluding hydrogens is 390 g/mol. The summed E-state index contributed by atoms with van der Waals surface area (Å²) in [4.78, 5) is 29.2. The van der Waals surface area contributed by atoms with Gasteiger partial charge in [-0.3, -0.25) is 4.79 Å². The number of aromatic nitrogens is 1. The molecule has 0 unspecified atom stereocenters. The lowest BCUT2D eigenvalue weighted by Gasteiger charge is -2.15. The molecule has 0 saturated heterocycles. The van der Waals surface area contributed by atoms with Gasteiger partial charge in [-0.25, -0.2) is 4.79 Å². The van der Waals surface area contributed by atoms with E-state index in [1.54, 1.807) is 19.1 Å². The number of nitrogens with one attached hydrogen (secondary N) is 1. The molecule has 1 N–H and O–H groups in total. The second-order valence-electron chi connectivity index (χ2n) is 7.34. The lowest BCUT2D eigenvalue weighted by molar-refractivity contribution is 0.0317. The van der Waals surface area contributed by atoms with Gasteiger partial charge >= 0.3 is 5.97 Å². The number of ketones is 1. The van der Waals surface area contributed by atoms with Crippen LogP contribution in [0.2, 0.25) is 0 Å². The third kappa shape index (κ3) is 4.36. The van der Waals surface area contributed by atoms with Gasteiger partial charge in [0.05, 0.1) is 5.56 Å². The largest absolute Gasteiger partial charge is 0.489 e. The zero-order chi connectivity index (χ0) is 21.8. The summed E-state index contributed by atoms with van der Waals surface area (Å²) >= 11 is 0.